The number of amides is 1. The van der Waals surface area contributed by atoms with Gasteiger partial charge in [0.2, 0.25) is 5.91 Å². The highest BCUT2D eigenvalue weighted by Crippen LogP contribution is 2.29. The van der Waals surface area contributed by atoms with Gasteiger partial charge in [-0.15, -0.1) is 0 Å². The molecule has 1 amide bonds. The Labute approximate surface area is 98.8 Å². The van der Waals surface area contributed by atoms with Crippen LogP contribution in [0.4, 0.5) is 0 Å². The first kappa shape index (κ1) is 11.8. The Morgan fingerprint density at radius 2 is 2.47 bits per heavy atom. The highest BCUT2D eigenvalue weighted by Gasteiger charge is 2.28. The summed E-state index contributed by atoms with van der Waals surface area (Å²) in [6, 6.07) is 1.53. The smallest absolute Gasteiger partial charge is 0.251 e. The lowest BCUT2D eigenvalue weighted by Crippen LogP contribution is -2.34. The first-order chi connectivity index (χ1) is 8.06. The van der Waals surface area contributed by atoms with E-state index in [4.69, 9.17) is 5.73 Å². The normalized spacial score (nSPS) is 20.6. The standard InChI is InChI=1S/C11H16N4O2/c1-7-13-8(5-11(17)14-7)9-3-2-4-15(9)6-10(12)16/h5,9H,2-4,6H2,1H3,(H2,12,16)(H,13,14,17)/t9-/m0/s1. The highest BCUT2D eigenvalue weighted by atomic mass is 16.1. The summed E-state index contributed by atoms with van der Waals surface area (Å²) in [6.45, 7) is 2.79. The molecule has 0 radical (unpaired) electrons. The molecule has 2 rings (SSSR count). The van der Waals surface area contributed by atoms with Gasteiger partial charge in [-0.2, -0.15) is 0 Å². The van der Waals surface area contributed by atoms with Gasteiger partial charge in [0.05, 0.1) is 18.3 Å². The van der Waals surface area contributed by atoms with E-state index in [1.807, 2.05) is 4.90 Å². The zero-order valence-corrected chi connectivity index (χ0v) is 9.77. The lowest BCUT2D eigenvalue weighted by Gasteiger charge is -2.22. The number of nitrogens with two attached hydrogens (primary N) is 1. The van der Waals surface area contributed by atoms with Gasteiger partial charge in [0, 0.05) is 6.07 Å². The van der Waals surface area contributed by atoms with Gasteiger partial charge in [-0.3, -0.25) is 14.5 Å². The molecular formula is C11H16N4O2. The molecule has 1 fully saturated rings. The van der Waals surface area contributed by atoms with Crippen LogP contribution in [0.5, 0.6) is 0 Å². The molecule has 6 heteroatoms. The van der Waals surface area contributed by atoms with E-state index in [1.165, 1.54) is 6.07 Å². The highest BCUT2D eigenvalue weighted by molar-refractivity contribution is 5.76. The number of rotatable bonds is 3. The minimum Gasteiger partial charge on any atom is -0.369 e. The number of aryl methyl sites for hydroxylation is 1. The molecule has 0 aliphatic carbocycles. The molecule has 0 unspecified atom stereocenters. The van der Waals surface area contributed by atoms with Crippen LogP contribution in [0, 0.1) is 6.92 Å². The molecule has 1 aromatic rings. The number of nitrogens with one attached hydrogen (secondary N) is 1. The quantitative estimate of drug-likeness (QED) is 0.753. The summed E-state index contributed by atoms with van der Waals surface area (Å²) >= 11 is 0. The third kappa shape index (κ3) is 2.71. The fraction of sp³-hybridized carbons (Fsp3) is 0.545. The van der Waals surface area contributed by atoms with Crippen LogP contribution in [0.25, 0.3) is 0 Å². The predicted molar refractivity (Wildman–Crippen MR) is 62.3 cm³/mol. The molecule has 0 saturated carbocycles. The van der Waals surface area contributed by atoms with Crippen molar-refractivity contribution in [2.45, 2.75) is 25.8 Å². The summed E-state index contributed by atoms with van der Waals surface area (Å²) in [4.78, 5) is 31.3. The second kappa shape index (κ2) is 4.67. The zero-order chi connectivity index (χ0) is 12.4. The van der Waals surface area contributed by atoms with Crippen molar-refractivity contribution in [3.05, 3.63) is 27.9 Å². The largest absolute Gasteiger partial charge is 0.369 e. The van der Waals surface area contributed by atoms with E-state index in [1.54, 1.807) is 6.92 Å². The fourth-order valence-corrected chi connectivity index (χ4v) is 2.32. The number of hydrogen-bond donors (Lipinski definition) is 2. The first-order valence-electron chi connectivity index (χ1n) is 5.66. The van der Waals surface area contributed by atoms with Gasteiger partial charge in [-0.05, 0) is 26.3 Å². The molecule has 6 nitrogen and oxygen atoms in total. The maximum absolute atomic E-state index is 11.4. The van der Waals surface area contributed by atoms with Crippen LogP contribution in [-0.4, -0.2) is 33.9 Å². The topological polar surface area (TPSA) is 92.1 Å². The minimum atomic E-state index is -0.349. The van der Waals surface area contributed by atoms with Crippen molar-refractivity contribution >= 4 is 5.91 Å². The molecule has 0 spiro atoms. The van der Waals surface area contributed by atoms with Crippen LogP contribution in [0.2, 0.25) is 0 Å². The van der Waals surface area contributed by atoms with Crippen molar-refractivity contribution in [3.8, 4) is 0 Å². The van der Waals surface area contributed by atoms with Crippen molar-refractivity contribution < 1.29 is 4.79 Å². The number of carbonyl (C=O) groups is 1. The van der Waals surface area contributed by atoms with Crippen LogP contribution < -0.4 is 11.3 Å². The van der Waals surface area contributed by atoms with Crippen LogP contribution in [0.1, 0.15) is 30.4 Å². The van der Waals surface area contributed by atoms with Crippen molar-refractivity contribution in [2.75, 3.05) is 13.1 Å². The number of likely N-dealkylation sites (tertiary alicyclic amines) is 1. The summed E-state index contributed by atoms with van der Waals surface area (Å²) in [5.41, 5.74) is 5.78. The average molecular weight is 236 g/mol. The van der Waals surface area contributed by atoms with Crippen molar-refractivity contribution in [1.29, 1.82) is 0 Å². The molecule has 1 atom stereocenters. The molecule has 92 valence electrons. The van der Waals surface area contributed by atoms with Crippen LogP contribution >= 0.6 is 0 Å². The molecular weight excluding hydrogens is 220 g/mol. The number of carbonyl (C=O) groups excluding carboxylic acids is 1. The van der Waals surface area contributed by atoms with Crippen LogP contribution in [0.15, 0.2) is 10.9 Å². The Hall–Kier alpha value is -1.69. The molecule has 3 N–H and O–H groups in total. The summed E-state index contributed by atoms with van der Waals surface area (Å²) in [6.07, 6.45) is 1.90. The fourth-order valence-electron chi connectivity index (χ4n) is 2.32. The van der Waals surface area contributed by atoms with Crippen molar-refractivity contribution in [2.24, 2.45) is 5.73 Å². The van der Waals surface area contributed by atoms with Gasteiger partial charge in [0.15, 0.2) is 0 Å². The monoisotopic (exact) mass is 236 g/mol. The maximum Gasteiger partial charge on any atom is 0.251 e. The Kier molecular flexibility index (Phi) is 3.23. The lowest BCUT2D eigenvalue weighted by molar-refractivity contribution is -0.119. The van der Waals surface area contributed by atoms with E-state index in [0.717, 1.165) is 25.1 Å². The zero-order valence-electron chi connectivity index (χ0n) is 9.77. The number of nitrogens with zero attached hydrogens (tertiary/aromatic N) is 2. The Morgan fingerprint density at radius 3 is 3.12 bits per heavy atom. The Bertz CT molecular complexity index is 483. The maximum atomic E-state index is 11.4. The number of H-pyrrole nitrogens is 1. The number of primary amides is 1. The van der Waals surface area contributed by atoms with E-state index in [9.17, 15) is 9.59 Å². The molecule has 1 aromatic heterocycles. The average Bonchev–Trinajstić information content (AvgIpc) is 2.63. The molecule has 0 aromatic carbocycles. The minimum absolute atomic E-state index is 0.0310. The van der Waals surface area contributed by atoms with Gasteiger partial charge in [-0.1, -0.05) is 0 Å². The van der Waals surface area contributed by atoms with E-state index in [2.05, 4.69) is 9.97 Å². The number of aromatic nitrogens is 2. The molecule has 1 aliphatic rings. The number of aromatic amines is 1. The molecule has 0 bridgehead atoms. The first-order valence-corrected chi connectivity index (χ1v) is 5.66. The SMILES string of the molecule is Cc1nc([C@@H]2CCCN2CC(N)=O)cc(=O)[nH]1. The summed E-state index contributed by atoms with van der Waals surface area (Å²) in [5.74, 6) is 0.247. The van der Waals surface area contributed by atoms with Gasteiger partial charge in [-0.25, -0.2) is 4.98 Å². The van der Waals surface area contributed by atoms with Gasteiger partial charge in [0.1, 0.15) is 5.82 Å². The van der Waals surface area contributed by atoms with Crippen LogP contribution in [0.3, 0.4) is 0 Å². The number of hydrogen-bond acceptors (Lipinski definition) is 4. The Balaban J connectivity index is 2.25. The summed E-state index contributed by atoms with van der Waals surface area (Å²) in [7, 11) is 0. The third-order valence-electron chi connectivity index (χ3n) is 2.94. The molecule has 1 saturated heterocycles. The molecule has 17 heavy (non-hydrogen) atoms. The third-order valence-corrected chi connectivity index (χ3v) is 2.94. The Morgan fingerprint density at radius 1 is 1.71 bits per heavy atom. The van der Waals surface area contributed by atoms with Gasteiger partial charge < -0.3 is 10.7 Å². The van der Waals surface area contributed by atoms with Gasteiger partial charge >= 0.3 is 0 Å². The summed E-state index contributed by atoms with van der Waals surface area (Å²) < 4.78 is 0. The van der Waals surface area contributed by atoms with Gasteiger partial charge in [0.25, 0.3) is 5.56 Å². The molecule has 1 aliphatic heterocycles. The van der Waals surface area contributed by atoms with Crippen molar-refractivity contribution in [3.63, 3.8) is 0 Å². The van der Waals surface area contributed by atoms with E-state index in [-0.39, 0.29) is 24.1 Å². The second-order valence-corrected chi connectivity index (χ2v) is 4.35. The summed E-state index contributed by atoms with van der Waals surface area (Å²) in [5, 5.41) is 0. The van der Waals surface area contributed by atoms with E-state index in [0.29, 0.717) is 5.82 Å². The van der Waals surface area contributed by atoms with E-state index >= 15 is 0 Å². The lowest BCUT2D eigenvalue weighted by atomic mass is 10.1. The van der Waals surface area contributed by atoms with Crippen molar-refractivity contribution in [1.82, 2.24) is 14.9 Å². The molecule has 2 heterocycles. The van der Waals surface area contributed by atoms with E-state index < -0.39 is 0 Å². The second-order valence-electron chi connectivity index (χ2n) is 4.35. The van der Waals surface area contributed by atoms with Crippen LogP contribution in [-0.2, 0) is 4.79 Å². The predicted octanol–water partition coefficient (Wildman–Crippen LogP) is -0.299.